The summed E-state index contributed by atoms with van der Waals surface area (Å²) >= 11 is 0. The Kier molecular flexibility index (Phi) is 5.95. The van der Waals surface area contributed by atoms with Crippen LogP contribution in [0.15, 0.2) is 0 Å². The highest BCUT2D eigenvalue weighted by atomic mass is 16.5. The quantitative estimate of drug-likeness (QED) is 0.700. The molecule has 0 spiro atoms. The molecule has 0 aromatic rings. The van der Waals surface area contributed by atoms with Crippen LogP contribution in [-0.4, -0.2) is 61.6 Å². The highest BCUT2D eigenvalue weighted by Gasteiger charge is 2.17. The first kappa shape index (κ1) is 13.9. The van der Waals surface area contributed by atoms with Crippen LogP contribution in [0.2, 0.25) is 0 Å². The highest BCUT2D eigenvalue weighted by molar-refractivity contribution is 5.76. The van der Waals surface area contributed by atoms with Crippen LogP contribution in [0.1, 0.15) is 19.8 Å². The lowest BCUT2D eigenvalue weighted by atomic mass is 10.2. The molecular weight excluding hydrogens is 218 g/mol. The number of nitrogens with zero attached hydrogens (tertiary/aromatic N) is 3. The molecule has 0 saturated carbocycles. The van der Waals surface area contributed by atoms with Gasteiger partial charge in [-0.1, -0.05) is 0 Å². The van der Waals surface area contributed by atoms with Crippen molar-refractivity contribution in [3.05, 3.63) is 0 Å². The van der Waals surface area contributed by atoms with Crippen LogP contribution in [0.3, 0.4) is 0 Å². The minimum atomic E-state index is 0.111. The molecule has 0 radical (unpaired) electrons. The minimum absolute atomic E-state index is 0.111. The van der Waals surface area contributed by atoms with Gasteiger partial charge in [-0.25, -0.2) is 0 Å². The summed E-state index contributed by atoms with van der Waals surface area (Å²) < 4.78 is 5.44. The first-order valence-electron chi connectivity index (χ1n) is 6.08. The number of nitriles is 1. The molecule has 0 N–H and O–H groups in total. The summed E-state index contributed by atoms with van der Waals surface area (Å²) in [6.07, 6.45) is 1.18. The van der Waals surface area contributed by atoms with Crippen molar-refractivity contribution in [2.45, 2.75) is 25.9 Å². The molecule has 5 heteroatoms. The molecule has 1 rings (SSSR count). The van der Waals surface area contributed by atoms with Gasteiger partial charge in [0.05, 0.1) is 25.2 Å². The molecule has 1 fully saturated rings. The van der Waals surface area contributed by atoms with E-state index in [-0.39, 0.29) is 12.0 Å². The van der Waals surface area contributed by atoms with Crippen molar-refractivity contribution in [1.29, 1.82) is 5.26 Å². The van der Waals surface area contributed by atoms with Gasteiger partial charge in [0.25, 0.3) is 0 Å². The Morgan fingerprint density at radius 3 is 3.06 bits per heavy atom. The Hall–Kier alpha value is -1.12. The topological polar surface area (TPSA) is 56.6 Å². The van der Waals surface area contributed by atoms with Crippen LogP contribution in [0.25, 0.3) is 0 Å². The molecule has 1 aliphatic rings. The third-order valence-corrected chi connectivity index (χ3v) is 2.95. The Balaban J connectivity index is 2.20. The van der Waals surface area contributed by atoms with Gasteiger partial charge in [-0.05, 0) is 6.92 Å². The number of carbonyl (C=O) groups excluding carboxylic acids is 1. The van der Waals surface area contributed by atoms with Gasteiger partial charge >= 0.3 is 0 Å². The average molecular weight is 239 g/mol. The summed E-state index contributed by atoms with van der Waals surface area (Å²) in [5.74, 6) is 0.111. The lowest BCUT2D eigenvalue weighted by Gasteiger charge is -2.31. The monoisotopic (exact) mass is 239 g/mol. The van der Waals surface area contributed by atoms with Crippen molar-refractivity contribution in [3.63, 3.8) is 0 Å². The minimum Gasteiger partial charge on any atom is -0.376 e. The van der Waals surface area contributed by atoms with E-state index in [2.05, 4.69) is 4.90 Å². The van der Waals surface area contributed by atoms with E-state index in [0.717, 1.165) is 26.2 Å². The molecule has 0 bridgehead atoms. The van der Waals surface area contributed by atoms with Gasteiger partial charge in [-0.3, -0.25) is 9.69 Å². The van der Waals surface area contributed by atoms with E-state index < -0.39 is 0 Å². The van der Waals surface area contributed by atoms with Crippen molar-refractivity contribution in [1.82, 2.24) is 9.80 Å². The molecule has 1 saturated heterocycles. The standard InChI is InChI=1S/C12H21N3O2/c1-11-10-15(8-9-17-11)7-4-12(16)14(2)6-3-5-13/h11H,3-4,6-10H2,1-2H3. The number of amides is 1. The fourth-order valence-electron chi connectivity index (χ4n) is 1.88. The zero-order valence-corrected chi connectivity index (χ0v) is 10.7. The normalized spacial score (nSPS) is 20.9. The molecule has 1 unspecified atom stereocenters. The first-order chi connectivity index (χ1) is 8.13. The zero-order valence-electron chi connectivity index (χ0n) is 10.7. The summed E-state index contributed by atoms with van der Waals surface area (Å²) in [7, 11) is 1.75. The molecular formula is C12H21N3O2. The van der Waals surface area contributed by atoms with Crippen LogP contribution in [0, 0.1) is 11.3 Å². The second-order valence-corrected chi connectivity index (χ2v) is 4.46. The maximum atomic E-state index is 11.7. The number of hydrogen-bond acceptors (Lipinski definition) is 4. The SMILES string of the molecule is CC1CN(CCC(=O)N(C)CCC#N)CCO1. The molecule has 96 valence electrons. The molecule has 17 heavy (non-hydrogen) atoms. The van der Waals surface area contributed by atoms with Crippen molar-refractivity contribution >= 4 is 5.91 Å². The van der Waals surface area contributed by atoms with Crippen LogP contribution in [0.5, 0.6) is 0 Å². The van der Waals surface area contributed by atoms with Gasteiger partial charge in [-0.15, -0.1) is 0 Å². The van der Waals surface area contributed by atoms with Gasteiger partial charge in [-0.2, -0.15) is 5.26 Å². The van der Waals surface area contributed by atoms with E-state index in [1.54, 1.807) is 11.9 Å². The summed E-state index contributed by atoms with van der Waals surface area (Å²) in [5, 5.41) is 8.45. The maximum Gasteiger partial charge on any atom is 0.223 e. The van der Waals surface area contributed by atoms with E-state index in [9.17, 15) is 4.79 Å². The van der Waals surface area contributed by atoms with E-state index in [0.29, 0.717) is 19.4 Å². The van der Waals surface area contributed by atoms with Crippen molar-refractivity contribution in [2.75, 3.05) is 39.8 Å². The van der Waals surface area contributed by atoms with Crippen molar-refractivity contribution in [2.24, 2.45) is 0 Å². The van der Waals surface area contributed by atoms with Crippen LogP contribution >= 0.6 is 0 Å². The molecule has 1 amide bonds. The van der Waals surface area contributed by atoms with Gasteiger partial charge in [0.15, 0.2) is 0 Å². The average Bonchev–Trinajstić information content (AvgIpc) is 2.33. The van der Waals surface area contributed by atoms with Gasteiger partial charge in [0, 0.05) is 39.6 Å². The second kappa shape index (κ2) is 7.25. The van der Waals surface area contributed by atoms with Gasteiger partial charge in [0.2, 0.25) is 5.91 Å². The molecule has 1 heterocycles. The van der Waals surface area contributed by atoms with Gasteiger partial charge in [0.1, 0.15) is 0 Å². The highest BCUT2D eigenvalue weighted by Crippen LogP contribution is 2.05. The molecule has 0 aromatic heterocycles. The summed E-state index contributed by atoms with van der Waals surface area (Å²) in [4.78, 5) is 15.6. The number of ether oxygens (including phenoxy) is 1. The Labute approximate surface area is 103 Å². The Morgan fingerprint density at radius 2 is 2.41 bits per heavy atom. The molecule has 1 atom stereocenters. The van der Waals surface area contributed by atoms with Crippen LogP contribution in [-0.2, 0) is 9.53 Å². The number of carbonyl (C=O) groups is 1. The Bertz CT molecular complexity index is 288. The van der Waals surface area contributed by atoms with E-state index in [1.807, 2.05) is 13.0 Å². The molecule has 0 aromatic carbocycles. The van der Waals surface area contributed by atoms with E-state index in [4.69, 9.17) is 10.00 Å². The predicted octanol–water partition coefficient (Wildman–Crippen LogP) is 0.469. The van der Waals surface area contributed by atoms with Crippen LogP contribution in [0.4, 0.5) is 0 Å². The third-order valence-electron chi connectivity index (χ3n) is 2.95. The molecule has 5 nitrogen and oxygen atoms in total. The lowest BCUT2D eigenvalue weighted by molar-refractivity contribution is -0.130. The fraction of sp³-hybridized carbons (Fsp3) is 0.833. The zero-order chi connectivity index (χ0) is 12.7. The third kappa shape index (κ3) is 5.16. The largest absolute Gasteiger partial charge is 0.376 e. The summed E-state index contributed by atoms with van der Waals surface area (Å²) in [6, 6.07) is 2.04. The van der Waals surface area contributed by atoms with Gasteiger partial charge < -0.3 is 9.64 Å². The molecule has 1 aliphatic heterocycles. The fourth-order valence-corrected chi connectivity index (χ4v) is 1.88. The number of rotatable bonds is 5. The number of morpholine rings is 1. The molecule has 0 aliphatic carbocycles. The van der Waals surface area contributed by atoms with E-state index >= 15 is 0 Å². The Morgan fingerprint density at radius 1 is 1.65 bits per heavy atom. The van der Waals surface area contributed by atoms with Crippen molar-refractivity contribution in [3.8, 4) is 6.07 Å². The van der Waals surface area contributed by atoms with Crippen LogP contribution < -0.4 is 0 Å². The lowest BCUT2D eigenvalue weighted by Crippen LogP contribution is -2.42. The summed E-state index contributed by atoms with van der Waals surface area (Å²) in [5.41, 5.74) is 0. The van der Waals surface area contributed by atoms with Crippen molar-refractivity contribution < 1.29 is 9.53 Å². The predicted molar refractivity (Wildman–Crippen MR) is 64.3 cm³/mol. The first-order valence-corrected chi connectivity index (χ1v) is 6.08. The second-order valence-electron chi connectivity index (χ2n) is 4.46. The van der Waals surface area contributed by atoms with E-state index in [1.165, 1.54) is 0 Å². The summed E-state index contributed by atoms with van der Waals surface area (Å²) in [6.45, 7) is 5.90. The maximum absolute atomic E-state index is 11.7. The smallest absolute Gasteiger partial charge is 0.223 e. The number of hydrogen-bond donors (Lipinski definition) is 0.